The third kappa shape index (κ3) is 5.59. The predicted molar refractivity (Wildman–Crippen MR) is 126 cm³/mol. The highest BCUT2D eigenvalue weighted by molar-refractivity contribution is 7.99. The number of nitrogens with one attached hydrogen (secondary N) is 1. The number of rotatable bonds is 6. The standard InChI is InChI=1S/C25H23F3N2O3S/c1-32-21-12-7-18(15-22(21)33-16-17-5-3-2-4-6-17)23-30(13-14-34-23)24(31)29-20-10-8-19(9-11-20)25(26,27)28/h2-12,15,23H,13-14,16H2,1H3,(H,29,31). The summed E-state index contributed by atoms with van der Waals surface area (Å²) in [6.07, 6.45) is -4.42. The van der Waals surface area contributed by atoms with Crippen LogP contribution >= 0.6 is 11.8 Å². The Kier molecular flexibility index (Phi) is 7.21. The van der Waals surface area contributed by atoms with E-state index in [-0.39, 0.29) is 11.4 Å². The van der Waals surface area contributed by atoms with E-state index in [4.69, 9.17) is 9.47 Å². The molecule has 0 radical (unpaired) electrons. The summed E-state index contributed by atoms with van der Waals surface area (Å²) in [5.74, 6) is 1.89. The van der Waals surface area contributed by atoms with Crippen LogP contribution in [0.15, 0.2) is 72.8 Å². The van der Waals surface area contributed by atoms with Gasteiger partial charge in [-0.15, -0.1) is 11.8 Å². The Morgan fingerprint density at radius 2 is 1.79 bits per heavy atom. The highest BCUT2D eigenvalue weighted by Crippen LogP contribution is 2.41. The Morgan fingerprint density at radius 1 is 1.06 bits per heavy atom. The SMILES string of the molecule is COc1ccc(C2SCCN2C(=O)Nc2ccc(C(F)(F)F)cc2)cc1OCc1ccccc1. The molecule has 0 bridgehead atoms. The van der Waals surface area contributed by atoms with Gasteiger partial charge in [-0.3, -0.25) is 0 Å². The number of urea groups is 1. The lowest BCUT2D eigenvalue weighted by Crippen LogP contribution is -2.34. The summed E-state index contributed by atoms with van der Waals surface area (Å²) in [4.78, 5) is 14.6. The van der Waals surface area contributed by atoms with Crippen molar-refractivity contribution in [2.45, 2.75) is 18.2 Å². The molecule has 0 saturated carbocycles. The highest BCUT2D eigenvalue weighted by atomic mass is 32.2. The number of nitrogens with zero attached hydrogens (tertiary/aromatic N) is 1. The van der Waals surface area contributed by atoms with Crippen LogP contribution in [-0.4, -0.2) is 30.3 Å². The smallest absolute Gasteiger partial charge is 0.416 e. The van der Waals surface area contributed by atoms with Crippen molar-refractivity contribution in [2.75, 3.05) is 24.7 Å². The first-order chi connectivity index (χ1) is 16.3. The number of alkyl halides is 3. The van der Waals surface area contributed by atoms with Gasteiger partial charge in [0.15, 0.2) is 11.5 Å². The molecule has 9 heteroatoms. The van der Waals surface area contributed by atoms with Gasteiger partial charge in [0, 0.05) is 18.0 Å². The first kappa shape index (κ1) is 23.8. The van der Waals surface area contributed by atoms with Crippen LogP contribution in [0.5, 0.6) is 11.5 Å². The highest BCUT2D eigenvalue weighted by Gasteiger charge is 2.32. The van der Waals surface area contributed by atoms with Gasteiger partial charge in [-0.1, -0.05) is 36.4 Å². The van der Waals surface area contributed by atoms with E-state index in [0.29, 0.717) is 30.3 Å². The zero-order valence-corrected chi connectivity index (χ0v) is 19.2. The van der Waals surface area contributed by atoms with Gasteiger partial charge < -0.3 is 19.7 Å². The monoisotopic (exact) mass is 488 g/mol. The summed E-state index contributed by atoms with van der Waals surface area (Å²) in [5.41, 5.74) is 1.42. The average molecular weight is 489 g/mol. The van der Waals surface area contributed by atoms with E-state index in [2.05, 4.69) is 5.32 Å². The number of thioether (sulfide) groups is 1. The number of carbonyl (C=O) groups is 1. The van der Waals surface area contributed by atoms with Crippen molar-refractivity contribution in [1.82, 2.24) is 4.90 Å². The summed E-state index contributed by atoms with van der Waals surface area (Å²) in [6.45, 7) is 0.880. The van der Waals surface area contributed by atoms with E-state index >= 15 is 0 Å². The van der Waals surface area contributed by atoms with Crippen LogP contribution in [0.25, 0.3) is 0 Å². The summed E-state index contributed by atoms with van der Waals surface area (Å²) >= 11 is 1.60. The van der Waals surface area contributed by atoms with Crippen molar-refractivity contribution in [3.8, 4) is 11.5 Å². The van der Waals surface area contributed by atoms with Crippen molar-refractivity contribution in [3.63, 3.8) is 0 Å². The summed E-state index contributed by atoms with van der Waals surface area (Å²) < 4.78 is 49.8. The number of hydrogen-bond acceptors (Lipinski definition) is 4. The topological polar surface area (TPSA) is 50.8 Å². The van der Waals surface area contributed by atoms with Gasteiger partial charge in [0.25, 0.3) is 0 Å². The van der Waals surface area contributed by atoms with Crippen molar-refractivity contribution in [3.05, 3.63) is 89.5 Å². The zero-order chi connectivity index (χ0) is 24.1. The fourth-order valence-electron chi connectivity index (χ4n) is 3.59. The van der Waals surface area contributed by atoms with Gasteiger partial charge in [0.05, 0.1) is 12.7 Å². The first-order valence-electron chi connectivity index (χ1n) is 10.6. The first-order valence-corrected chi connectivity index (χ1v) is 11.6. The van der Waals surface area contributed by atoms with E-state index in [9.17, 15) is 18.0 Å². The maximum Gasteiger partial charge on any atom is 0.416 e. The minimum atomic E-state index is -4.42. The zero-order valence-electron chi connectivity index (χ0n) is 18.3. The number of halogens is 3. The molecule has 3 aromatic carbocycles. The third-order valence-corrected chi connectivity index (χ3v) is 6.59. The number of amides is 2. The van der Waals surface area contributed by atoms with Crippen LogP contribution in [-0.2, 0) is 12.8 Å². The molecule has 0 aliphatic carbocycles. The van der Waals surface area contributed by atoms with Crippen molar-refractivity contribution < 1.29 is 27.4 Å². The molecule has 1 aliphatic rings. The molecular formula is C25H23F3N2O3S. The molecule has 34 heavy (non-hydrogen) atoms. The van der Waals surface area contributed by atoms with Crippen molar-refractivity contribution >= 4 is 23.5 Å². The van der Waals surface area contributed by atoms with Crippen LogP contribution in [0.2, 0.25) is 0 Å². The second-order valence-electron chi connectivity index (χ2n) is 7.61. The quantitative estimate of drug-likeness (QED) is 0.426. The number of carbonyl (C=O) groups excluding carboxylic acids is 1. The number of ether oxygens (including phenoxy) is 2. The normalized spacial score (nSPS) is 15.8. The minimum Gasteiger partial charge on any atom is -0.493 e. The molecule has 3 aromatic rings. The lowest BCUT2D eigenvalue weighted by atomic mass is 10.1. The molecule has 5 nitrogen and oxygen atoms in total. The number of hydrogen-bond donors (Lipinski definition) is 1. The van der Waals surface area contributed by atoms with E-state index in [1.165, 1.54) is 12.1 Å². The Balaban J connectivity index is 1.48. The Bertz CT molecular complexity index is 1120. The Labute approximate surface area is 199 Å². The van der Waals surface area contributed by atoms with Gasteiger partial charge in [0.2, 0.25) is 0 Å². The van der Waals surface area contributed by atoms with E-state index < -0.39 is 11.7 Å². The second kappa shape index (κ2) is 10.3. The van der Waals surface area contributed by atoms with Gasteiger partial charge in [-0.2, -0.15) is 13.2 Å². The van der Waals surface area contributed by atoms with Crippen LogP contribution in [0.3, 0.4) is 0 Å². The van der Waals surface area contributed by atoms with Crippen molar-refractivity contribution in [2.24, 2.45) is 0 Å². The Hall–Kier alpha value is -3.33. The molecule has 1 unspecified atom stereocenters. The van der Waals surface area contributed by atoms with Crippen molar-refractivity contribution in [1.29, 1.82) is 0 Å². The molecule has 0 aromatic heterocycles. The summed E-state index contributed by atoms with van der Waals surface area (Å²) in [5, 5.41) is 2.43. The summed E-state index contributed by atoms with van der Waals surface area (Å²) in [6, 6.07) is 19.3. The lowest BCUT2D eigenvalue weighted by Gasteiger charge is -2.25. The maximum atomic E-state index is 12.9. The minimum absolute atomic E-state index is 0.264. The molecule has 4 rings (SSSR count). The van der Waals surface area contributed by atoms with E-state index in [1.807, 2.05) is 42.5 Å². The lowest BCUT2D eigenvalue weighted by molar-refractivity contribution is -0.137. The molecule has 1 aliphatic heterocycles. The average Bonchev–Trinajstić information content (AvgIpc) is 3.33. The fraction of sp³-hybridized carbons (Fsp3) is 0.240. The van der Waals surface area contributed by atoms with Crippen LogP contribution in [0.4, 0.5) is 23.7 Å². The maximum absolute atomic E-state index is 12.9. The van der Waals surface area contributed by atoms with Gasteiger partial charge >= 0.3 is 12.2 Å². The van der Waals surface area contributed by atoms with Crippen LogP contribution in [0.1, 0.15) is 22.1 Å². The number of methoxy groups -OCH3 is 1. The number of anilines is 1. The molecule has 1 N–H and O–H groups in total. The molecule has 178 valence electrons. The third-order valence-electron chi connectivity index (χ3n) is 5.33. The molecule has 1 heterocycles. The molecule has 1 saturated heterocycles. The Morgan fingerprint density at radius 3 is 2.47 bits per heavy atom. The molecule has 1 atom stereocenters. The van der Waals surface area contributed by atoms with E-state index in [1.54, 1.807) is 29.8 Å². The second-order valence-corrected chi connectivity index (χ2v) is 8.79. The molecule has 2 amide bonds. The molecule has 1 fully saturated rings. The van der Waals surface area contributed by atoms with E-state index in [0.717, 1.165) is 29.0 Å². The van der Waals surface area contributed by atoms with Crippen LogP contribution in [0, 0.1) is 0 Å². The van der Waals surface area contributed by atoms with Gasteiger partial charge in [-0.25, -0.2) is 4.79 Å². The van der Waals surface area contributed by atoms with Gasteiger partial charge in [-0.05, 0) is 47.5 Å². The van der Waals surface area contributed by atoms with Crippen LogP contribution < -0.4 is 14.8 Å². The molecular weight excluding hydrogens is 465 g/mol. The number of benzene rings is 3. The van der Waals surface area contributed by atoms with Gasteiger partial charge in [0.1, 0.15) is 12.0 Å². The molecule has 0 spiro atoms. The summed E-state index contributed by atoms with van der Waals surface area (Å²) in [7, 11) is 1.57. The fourth-order valence-corrected chi connectivity index (χ4v) is 4.83. The largest absolute Gasteiger partial charge is 0.493 e. The predicted octanol–water partition coefficient (Wildman–Crippen LogP) is 6.57.